The lowest BCUT2D eigenvalue weighted by molar-refractivity contribution is -0.00573. The molecule has 3 unspecified atom stereocenters. The number of rotatable bonds is 1. The summed E-state index contributed by atoms with van der Waals surface area (Å²) >= 11 is 0. The van der Waals surface area contributed by atoms with Crippen molar-refractivity contribution in [1.29, 1.82) is 0 Å². The number of hydrogen-bond acceptors (Lipinski definition) is 2. The highest BCUT2D eigenvalue weighted by Crippen LogP contribution is 2.37. The summed E-state index contributed by atoms with van der Waals surface area (Å²) in [6.45, 7) is 4.83. The summed E-state index contributed by atoms with van der Waals surface area (Å²) in [5.74, 6) is 0.425. The zero-order valence-corrected chi connectivity index (χ0v) is 8.86. The lowest BCUT2D eigenvalue weighted by Crippen LogP contribution is -2.35. The molecule has 0 spiro atoms. The summed E-state index contributed by atoms with van der Waals surface area (Å²) in [5.41, 5.74) is 2.43. The van der Waals surface area contributed by atoms with Crippen LogP contribution in [0.15, 0.2) is 23.3 Å². The van der Waals surface area contributed by atoms with Crippen molar-refractivity contribution >= 4 is 0 Å². The first-order valence-corrected chi connectivity index (χ1v) is 5.39. The Bertz CT molecular complexity index is 278. The van der Waals surface area contributed by atoms with Crippen molar-refractivity contribution < 1.29 is 9.84 Å². The van der Waals surface area contributed by atoms with Crippen molar-refractivity contribution in [2.24, 2.45) is 5.92 Å². The fraction of sp³-hybridized carbons (Fsp3) is 0.667. The SMILES string of the molecule is CC/C=C1\COC2C(O)C(C)=CCC12. The molecule has 1 aliphatic heterocycles. The average molecular weight is 194 g/mol. The molecule has 1 heterocycles. The molecule has 0 aromatic carbocycles. The van der Waals surface area contributed by atoms with Gasteiger partial charge >= 0.3 is 0 Å². The minimum absolute atomic E-state index is 0.0119. The van der Waals surface area contributed by atoms with Crippen molar-refractivity contribution in [1.82, 2.24) is 0 Å². The summed E-state index contributed by atoms with van der Waals surface area (Å²) in [5, 5.41) is 9.91. The first kappa shape index (κ1) is 9.94. The number of allylic oxidation sites excluding steroid dienone is 2. The van der Waals surface area contributed by atoms with Gasteiger partial charge in [-0.25, -0.2) is 0 Å². The van der Waals surface area contributed by atoms with Gasteiger partial charge in [-0.05, 0) is 30.9 Å². The van der Waals surface area contributed by atoms with Crippen LogP contribution in [0.4, 0.5) is 0 Å². The summed E-state index contributed by atoms with van der Waals surface area (Å²) in [6.07, 6.45) is 6.09. The van der Waals surface area contributed by atoms with E-state index in [2.05, 4.69) is 19.1 Å². The van der Waals surface area contributed by atoms with Gasteiger partial charge in [-0.3, -0.25) is 0 Å². The average Bonchev–Trinajstić information content (AvgIpc) is 2.57. The van der Waals surface area contributed by atoms with Crippen LogP contribution in [0.3, 0.4) is 0 Å². The molecule has 1 fully saturated rings. The monoisotopic (exact) mass is 194 g/mol. The van der Waals surface area contributed by atoms with Crippen LogP contribution < -0.4 is 0 Å². The van der Waals surface area contributed by atoms with Gasteiger partial charge in [0.15, 0.2) is 0 Å². The number of aliphatic hydroxyl groups excluding tert-OH is 1. The van der Waals surface area contributed by atoms with Gasteiger partial charge in [-0.2, -0.15) is 0 Å². The van der Waals surface area contributed by atoms with Crippen molar-refractivity contribution in [2.75, 3.05) is 6.61 Å². The zero-order valence-electron chi connectivity index (χ0n) is 8.86. The molecule has 3 atom stereocenters. The number of fused-ring (bicyclic) bond motifs is 1. The van der Waals surface area contributed by atoms with E-state index in [-0.39, 0.29) is 6.10 Å². The van der Waals surface area contributed by atoms with Crippen LogP contribution in [0.1, 0.15) is 26.7 Å². The maximum Gasteiger partial charge on any atom is 0.101 e. The van der Waals surface area contributed by atoms with E-state index in [4.69, 9.17) is 4.74 Å². The fourth-order valence-corrected chi connectivity index (χ4v) is 2.39. The van der Waals surface area contributed by atoms with Gasteiger partial charge in [0.1, 0.15) is 6.10 Å². The number of aliphatic hydroxyl groups is 1. The first-order valence-electron chi connectivity index (χ1n) is 5.39. The number of hydrogen-bond donors (Lipinski definition) is 1. The summed E-state index contributed by atoms with van der Waals surface area (Å²) in [6, 6.07) is 0. The smallest absolute Gasteiger partial charge is 0.101 e. The quantitative estimate of drug-likeness (QED) is 0.647. The van der Waals surface area contributed by atoms with Gasteiger partial charge in [0.25, 0.3) is 0 Å². The van der Waals surface area contributed by atoms with E-state index in [0.29, 0.717) is 12.5 Å². The van der Waals surface area contributed by atoms with Crippen LogP contribution in [-0.4, -0.2) is 23.9 Å². The fourth-order valence-electron chi connectivity index (χ4n) is 2.39. The van der Waals surface area contributed by atoms with E-state index >= 15 is 0 Å². The Morgan fingerprint density at radius 2 is 2.43 bits per heavy atom. The Kier molecular flexibility index (Phi) is 2.75. The summed E-state index contributed by atoms with van der Waals surface area (Å²) in [7, 11) is 0. The van der Waals surface area contributed by atoms with Crippen molar-refractivity contribution in [3.05, 3.63) is 23.3 Å². The third-order valence-corrected chi connectivity index (χ3v) is 3.25. The summed E-state index contributed by atoms with van der Waals surface area (Å²) in [4.78, 5) is 0. The Labute approximate surface area is 85.3 Å². The Morgan fingerprint density at radius 1 is 1.64 bits per heavy atom. The van der Waals surface area contributed by atoms with Crippen LogP contribution >= 0.6 is 0 Å². The molecule has 1 aliphatic carbocycles. The lowest BCUT2D eigenvalue weighted by Gasteiger charge is -2.28. The Balaban J connectivity index is 2.19. The van der Waals surface area contributed by atoms with Crippen LogP contribution in [0.25, 0.3) is 0 Å². The van der Waals surface area contributed by atoms with Crippen molar-refractivity contribution in [3.63, 3.8) is 0 Å². The van der Waals surface area contributed by atoms with E-state index in [0.717, 1.165) is 18.4 Å². The largest absolute Gasteiger partial charge is 0.386 e. The molecule has 78 valence electrons. The van der Waals surface area contributed by atoms with E-state index in [9.17, 15) is 5.11 Å². The van der Waals surface area contributed by atoms with E-state index in [1.54, 1.807) is 0 Å². The molecule has 0 aromatic heterocycles. The minimum atomic E-state index is -0.392. The molecule has 0 bridgehead atoms. The zero-order chi connectivity index (χ0) is 10.1. The second-order valence-electron chi connectivity index (χ2n) is 4.20. The third kappa shape index (κ3) is 1.53. The van der Waals surface area contributed by atoms with Gasteiger partial charge < -0.3 is 9.84 Å². The van der Waals surface area contributed by atoms with Crippen LogP contribution in [0.2, 0.25) is 0 Å². The second-order valence-corrected chi connectivity index (χ2v) is 4.20. The highest BCUT2D eigenvalue weighted by atomic mass is 16.5. The Hall–Kier alpha value is -0.600. The number of ether oxygens (including phenoxy) is 1. The molecular weight excluding hydrogens is 176 g/mol. The van der Waals surface area contributed by atoms with Crippen LogP contribution in [-0.2, 0) is 4.74 Å². The van der Waals surface area contributed by atoms with Gasteiger partial charge in [-0.1, -0.05) is 19.1 Å². The molecule has 1 saturated heterocycles. The molecule has 0 amide bonds. The van der Waals surface area contributed by atoms with Crippen LogP contribution in [0, 0.1) is 5.92 Å². The lowest BCUT2D eigenvalue weighted by atomic mass is 9.82. The van der Waals surface area contributed by atoms with Gasteiger partial charge in [-0.15, -0.1) is 0 Å². The normalized spacial score (nSPS) is 39.8. The topological polar surface area (TPSA) is 29.5 Å². The molecule has 2 rings (SSSR count). The minimum Gasteiger partial charge on any atom is -0.386 e. The van der Waals surface area contributed by atoms with Gasteiger partial charge in [0.05, 0.1) is 12.7 Å². The third-order valence-electron chi connectivity index (χ3n) is 3.25. The van der Waals surface area contributed by atoms with Crippen LogP contribution in [0.5, 0.6) is 0 Å². The standard InChI is InChI=1S/C12H18O2/c1-3-4-9-7-14-12-10(9)6-5-8(2)11(12)13/h4-5,10-13H,3,6-7H2,1-2H3/b9-4+. The molecule has 0 radical (unpaired) electrons. The molecule has 0 saturated carbocycles. The van der Waals surface area contributed by atoms with Gasteiger partial charge in [0.2, 0.25) is 0 Å². The predicted octanol–water partition coefficient (Wildman–Crippen LogP) is 2.05. The maximum absolute atomic E-state index is 9.91. The van der Waals surface area contributed by atoms with Crippen molar-refractivity contribution in [3.8, 4) is 0 Å². The maximum atomic E-state index is 9.91. The molecule has 2 aliphatic rings. The van der Waals surface area contributed by atoms with E-state index in [1.807, 2.05) is 6.92 Å². The van der Waals surface area contributed by atoms with E-state index < -0.39 is 6.10 Å². The van der Waals surface area contributed by atoms with Crippen molar-refractivity contribution in [2.45, 2.75) is 38.9 Å². The predicted molar refractivity (Wildman–Crippen MR) is 56.0 cm³/mol. The molecule has 1 N–H and O–H groups in total. The van der Waals surface area contributed by atoms with Gasteiger partial charge in [0, 0.05) is 5.92 Å². The highest BCUT2D eigenvalue weighted by molar-refractivity contribution is 5.24. The summed E-state index contributed by atoms with van der Waals surface area (Å²) < 4.78 is 5.65. The Morgan fingerprint density at radius 3 is 3.14 bits per heavy atom. The first-order chi connectivity index (χ1) is 6.74. The van der Waals surface area contributed by atoms with E-state index in [1.165, 1.54) is 5.57 Å². The second kappa shape index (κ2) is 3.87. The molecule has 14 heavy (non-hydrogen) atoms. The highest BCUT2D eigenvalue weighted by Gasteiger charge is 2.39. The molecule has 0 aromatic rings. The molecule has 2 nitrogen and oxygen atoms in total. The molecule has 2 heteroatoms. The molecular formula is C12H18O2.